The number of phenols is 1. The molecular formula is C21H16N2O7. The van der Waals surface area contributed by atoms with Crippen LogP contribution in [0.1, 0.15) is 21.7 Å². The summed E-state index contributed by atoms with van der Waals surface area (Å²) in [6.45, 7) is 1.73. The van der Waals surface area contributed by atoms with Crippen LogP contribution in [-0.4, -0.2) is 27.0 Å². The third-order valence-corrected chi connectivity index (χ3v) is 4.21. The van der Waals surface area contributed by atoms with Crippen molar-refractivity contribution in [3.63, 3.8) is 0 Å². The number of carboxylic acid groups (broad SMARTS) is 1. The van der Waals surface area contributed by atoms with Crippen molar-refractivity contribution >= 4 is 29.3 Å². The average molecular weight is 408 g/mol. The number of nitrogens with one attached hydrogen (secondary N) is 1. The summed E-state index contributed by atoms with van der Waals surface area (Å²) in [6.07, 6.45) is 2.65. The first kappa shape index (κ1) is 20.3. The van der Waals surface area contributed by atoms with E-state index in [0.717, 1.165) is 6.07 Å². The molecule has 2 aromatic carbocycles. The number of carboxylic acids is 1. The first-order valence-corrected chi connectivity index (χ1v) is 8.65. The number of aryl methyl sites for hydroxylation is 1. The van der Waals surface area contributed by atoms with Gasteiger partial charge in [0, 0.05) is 35.5 Å². The summed E-state index contributed by atoms with van der Waals surface area (Å²) in [6, 6.07) is 11.4. The Labute approximate surface area is 170 Å². The number of nitro benzene ring substituents is 1. The van der Waals surface area contributed by atoms with E-state index in [0.29, 0.717) is 22.6 Å². The molecular weight excluding hydrogens is 392 g/mol. The van der Waals surface area contributed by atoms with Crippen LogP contribution >= 0.6 is 0 Å². The number of amides is 1. The summed E-state index contributed by atoms with van der Waals surface area (Å²) in [5, 5.41) is 31.9. The van der Waals surface area contributed by atoms with E-state index in [1.165, 1.54) is 36.4 Å². The second kappa shape index (κ2) is 8.31. The summed E-state index contributed by atoms with van der Waals surface area (Å²) in [5.41, 5.74) is 1.32. The Balaban J connectivity index is 1.70. The zero-order chi connectivity index (χ0) is 21.8. The van der Waals surface area contributed by atoms with Crippen LogP contribution in [0, 0.1) is 17.0 Å². The molecule has 1 heterocycles. The van der Waals surface area contributed by atoms with Gasteiger partial charge in [0.05, 0.1) is 4.92 Å². The fraction of sp³-hybridized carbons (Fsp3) is 0.0476. The molecule has 152 valence electrons. The van der Waals surface area contributed by atoms with Crippen molar-refractivity contribution in [2.75, 3.05) is 5.32 Å². The van der Waals surface area contributed by atoms with Gasteiger partial charge in [0.25, 0.3) is 5.69 Å². The lowest BCUT2D eigenvalue weighted by Gasteiger charge is -2.04. The van der Waals surface area contributed by atoms with Crippen LogP contribution in [0.15, 0.2) is 59.0 Å². The van der Waals surface area contributed by atoms with Crippen molar-refractivity contribution in [3.05, 3.63) is 81.6 Å². The third-order valence-electron chi connectivity index (χ3n) is 4.21. The number of hydrogen-bond acceptors (Lipinski definition) is 6. The SMILES string of the molecule is Cc1cc([N+](=O)[O-])ccc1-c1ccc(/C=C/C(=O)Nc2ccc(C(=O)O)c(O)c2)o1. The number of anilines is 1. The molecule has 0 aliphatic carbocycles. The number of hydrogen-bond donors (Lipinski definition) is 3. The predicted molar refractivity (Wildman–Crippen MR) is 108 cm³/mol. The maximum Gasteiger partial charge on any atom is 0.339 e. The molecule has 9 nitrogen and oxygen atoms in total. The molecule has 30 heavy (non-hydrogen) atoms. The van der Waals surface area contributed by atoms with E-state index >= 15 is 0 Å². The molecule has 3 aromatic rings. The number of carbonyl (C=O) groups is 2. The van der Waals surface area contributed by atoms with E-state index in [4.69, 9.17) is 9.52 Å². The van der Waals surface area contributed by atoms with Crippen molar-refractivity contribution in [1.29, 1.82) is 0 Å². The van der Waals surface area contributed by atoms with Gasteiger partial charge in [0.15, 0.2) is 0 Å². The third kappa shape index (κ3) is 4.53. The van der Waals surface area contributed by atoms with Crippen LogP contribution in [0.2, 0.25) is 0 Å². The number of aromatic hydroxyl groups is 1. The molecule has 0 aliphatic rings. The fourth-order valence-corrected chi connectivity index (χ4v) is 2.76. The maximum atomic E-state index is 12.0. The quantitative estimate of drug-likeness (QED) is 0.315. The Morgan fingerprint density at radius 1 is 1.13 bits per heavy atom. The second-order valence-corrected chi connectivity index (χ2v) is 6.32. The van der Waals surface area contributed by atoms with Crippen LogP contribution < -0.4 is 5.32 Å². The highest BCUT2D eigenvalue weighted by atomic mass is 16.6. The Kier molecular flexibility index (Phi) is 5.63. The first-order valence-electron chi connectivity index (χ1n) is 8.65. The lowest BCUT2D eigenvalue weighted by molar-refractivity contribution is -0.384. The van der Waals surface area contributed by atoms with Gasteiger partial charge in [0.2, 0.25) is 5.91 Å². The van der Waals surface area contributed by atoms with Gasteiger partial charge >= 0.3 is 5.97 Å². The minimum absolute atomic E-state index is 0.0120. The Morgan fingerprint density at radius 2 is 1.90 bits per heavy atom. The van der Waals surface area contributed by atoms with Gasteiger partial charge in [-0.15, -0.1) is 0 Å². The summed E-state index contributed by atoms with van der Waals surface area (Å²) < 4.78 is 5.67. The highest BCUT2D eigenvalue weighted by Gasteiger charge is 2.12. The van der Waals surface area contributed by atoms with Crippen LogP contribution in [0.4, 0.5) is 11.4 Å². The molecule has 0 aliphatic heterocycles. The molecule has 1 amide bonds. The van der Waals surface area contributed by atoms with Crippen molar-refractivity contribution < 1.29 is 29.1 Å². The molecule has 0 saturated heterocycles. The predicted octanol–water partition coefficient (Wildman–Crippen LogP) is 4.22. The standard InChI is InChI=1S/C21H16N2O7/c1-12-10-14(23(28)29)3-7-16(12)19-8-4-15(30-19)5-9-20(25)22-13-2-6-17(21(26)27)18(24)11-13/h2-11,24H,1H3,(H,22,25)(H,26,27)/b9-5+. The van der Waals surface area contributed by atoms with Crippen LogP contribution in [0.5, 0.6) is 5.75 Å². The molecule has 0 radical (unpaired) electrons. The van der Waals surface area contributed by atoms with E-state index < -0.39 is 22.5 Å². The summed E-state index contributed by atoms with van der Waals surface area (Å²) >= 11 is 0. The average Bonchev–Trinajstić information content (AvgIpc) is 3.14. The van der Waals surface area contributed by atoms with Gasteiger partial charge in [-0.1, -0.05) is 0 Å². The molecule has 0 bridgehead atoms. The monoisotopic (exact) mass is 408 g/mol. The van der Waals surface area contributed by atoms with E-state index in [2.05, 4.69) is 5.32 Å². The number of carbonyl (C=O) groups excluding carboxylic acids is 1. The summed E-state index contributed by atoms with van der Waals surface area (Å²) in [4.78, 5) is 33.3. The van der Waals surface area contributed by atoms with Crippen molar-refractivity contribution in [1.82, 2.24) is 0 Å². The Morgan fingerprint density at radius 3 is 2.53 bits per heavy atom. The molecule has 0 fully saturated rings. The molecule has 3 N–H and O–H groups in total. The molecule has 0 atom stereocenters. The lowest BCUT2D eigenvalue weighted by atomic mass is 10.1. The van der Waals surface area contributed by atoms with Crippen molar-refractivity contribution in [2.45, 2.75) is 6.92 Å². The molecule has 0 saturated carbocycles. The molecule has 3 rings (SSSR count). The van der Waals surface area contributed by atoms with Gasteiger partial charge < -0.3 is 19.9 Å². The lowest BCUT2D eigenvalue weighted by Crippen LogP contribution is -2.08. The van der Waals surface area contributed by atoms with Crippen LogP contribution in [-0.2, 0) is 4.79 Å². The van der Waals surface area contributed by atoms with E-state index in [9.17, 15) is 24.8 Å². The maximum absolute atomic E-state index is 12.0. The molecule has 0 spiro atoms. The van der Waals surface area contributed by atoms with Gasteiger partial charge in [-0.25, -0.2) is 4.79 Å². The normalized spacial score (nSPS) is 10.8. The first-order chi connectivity index (χ1) is 14.2. The zero-order valence-electron chi connectivity index (χ0n) is 15.7. The van der Waals surface area contributed by atoms with Gasteiger partial charge in [0.1, 0.15) is 22.8 Å². The number of nitrogens with zero attached hydrogens (tertiary/aromatic N) is 1. The molecule has 1 aromatic heterocycles. The van der Waals surface area contributed by atoms with Crippen molar-refractivity contribution in [2.24, 2.45) is 0 Å². The zero-order valence-corrected chi connectivity index (χ0v) is 15.7. The number of rotatable bonds is 6. The van der Waals surface area contributed by atoms with Crippen LogP contribution in [0.25, 0.3) is 17.4 Å². The summed E-state index contributed by atoms with van der Waals surface area (Å²) in [5.74, 6) is -1.36. The van der Waals surface area contributed by atoms with E-state index in [1.54, 1.807) is 25.1 Å². The van der Waals surface area contributed by atoms with E-state index in [-0.39, 0.29) is 16.9 Å². The number of non-ortho nitro benzene ring substituents is 1. The topological polar surface area (TPSA) is 143 Å². The highest BCUT2D eigenvalue weighted by Crippen LogP contribution is 2.29. The van der Waals surface area contributed by atoms with Gasteiger partial charge in [-0.2, -0.15) is 0 Å². The minimum Gasteiger partial charge on any atom is -0.507 e. The van der Waals surface area contributed by atoms with Crippen molar-refractivity contribution in [3.8, 4) is 17.1 Å². The Hall–Kier alpha value is -4.40. The minimum atomic E-state index is -1.28. The highest BCUT2D eigenvalue weighted by molar-refractivity contribution is 6.02. The van der Waals surface area contributed by atoms with Crippen LogP contribution in [0.3, 0.4) is 0 Å². The van der Waals surface area contributed by atoms with Gasteiger partial charge in [-0.3, -0.25) is 14.9 Å². The van der Waals surface area contributed by atoms with Gasteiger partial charge in [-0.05, 0) is 48.9 Å². The molecule has 9 heteroatoms. The number of benzene rings is 2. The molecule has 0 unspecified atom stereocenters. The smallest absolute Gasteiger partial charge is 0.339 e. The second-order valence-electron chi connectivity index (χ2n) is 6.32. The number of furan rings is 1. The summed E-state index contributed by atoms with van der Waals surface area (Å²) in [7, 11) is 0. The van der Waals surface area contributed by atoms with E-state index in [1.807, 2.05) is 0 Å². The number of aromatic carboxylic acids is 1. The Bertz CT molecular complexity index is 1180. The number of nitro groups is 1. The fourth-order valence-electron chi connectivity index (χ4n) is 2.76. The largest absolute Gasteiger partial charge is 0.507 e.